The van der Waals surface area contributed by atoms with Gasteiger partial charge >= 0.3 is 0 Å². The third-order valence-electron chi connectivity index (χ3n) is 3.09. The van der Waals surface area contributed by atoms with Gasteiger partial charge in [-0.05, 0) is 43.3 Å². The predicted octanol–water partition coefficient (Wildman–Crippen LogP) is 3.96. The summed E-state index contributed by atoms with van der Waals surface area (Å²) in [6.07, 6.45) is 0. The third-order valence-corrected chi connectivity index (χ3v) is 3.61. The van der Waals surface area contributed by atoms with Crippen LogP contribution in [0.25, 0.3) is 11.0 Å². The fourth-order valence-corrected chi connectivity index (χ4v) is 2.36. The van der Waals surface area contributed by atoms with Crippen molar-refractivity contribution in [1.29, 1.82) is 0 Å². The lowest BCUT2D eigenvalue weighted by Crippen LogP contribution is -2.03. The Morgan fingerprint density at radius 1 is 1.24 bits per heavy atom. The minimum atomic E-state index is -0.128. The molecule has 21 heavy (non-hydrogen) atoms. The molecule has 2 aromatic carbocycles. The second-order valence-corrected chi connectivity index (χ2v) is 5.45. The Bertz CT molecular complexity index is 794. The minimum Gasteiger partial charge on any atom is -0.494 e. The highest BCUT2D eigenvalue weighted by atomic mass is 79.9. The van der Waals surface area contributed by atoms with E-state index in [1.165, 1.54) is 0 Å². The first-order valence-corrected chi connectivity index (χ1v) is 7.39. The number of carbonyl (C=O) groups is 1. The molecule has 0 fully saturated rings. The highest BCUT2D eigenvalue weighted by Gasteiger charge is 2.14. The molecule has 0 aliphatic rings. The topological polar surface area (TPSA) is 55.0 Å². The molecule has 0 aliphatic heterocycles. The zero-order valence-corrected chi connectivity index (χ0v) is 13.0. The highest BCUT2D eigenvalue weighted by molar-refractivity contribution is 9.10. The van der Waals surface area contributed by atoms with Crippen LogP contribution in [-0.2, 0) is 0 Å². The van der Waals surface area contributed by atoms with Crippen LogP contribution in [0.1, 0.15) is 23.1 Å². The van der Waals surface area contributed by atoms with E-state index in [-0.39, 0.29) is 5.78 Å². The van der Waals surface area contributed by atoms with Gasteiger partial charge in [-0.15, -0.1) is 0 Å². The van der Waals surface area contributed by atoms with Crippen molar-refractivity contribution in [2.24, 2.45) is 0 Å². The summed E-state index contributed by atoms with van der Waals surface area (Å²) in [5, 5.41) is 0. The zero-order valence-electron chi connectivity index (χ0n) is 11.4. The first kappa shape index (κ1) is 13.8. The third kappa shape index (κ3) is 2.83. The number of rotatable bonds is 4. The van der Waals surface area contributed by atoms with Gasteiger partial charge < -0.3 is 9.72 Å². The van der Waals surface area contributed by atoms with Crippen LogP contribution < -0.4 is 4.74 Å². The molecule has 0 saturated carbocycles. The number of nitrogens with one attached hydrogen (secondary N) is 1. The Balaban J connectivity index is 1.96. The van der Waals surface area contributed by atoms with Crippen molar-refractivity contribution < 1.29 is 9.53 Å². The summed E-state index contributed by atoms with van der Waals surface area (Å²) in [4.78, 5) is 19.8. The Hall–Kier alpha value is -2.14. The number of nitrogens with zero attached hydrogens (tertiary/aromatic N) is 1. The van der Waals surface area contributed by atoms with Gasteiger partial charge in [0.2, 0.25) is 5.78 Å². The molecule has 0 atom stereocenters. The van der Waals surface area contributed by atoms with Crippen molar-refractivity contribution in [1.82, 2.24) is 9.97 Å². The average Bonchev–Trinajstić information content (AvgIpc) is 2.91. The number of H-pyrrole nitrogens is 1. The van der Waals surface area contributed by atoms with Gasteiger partial charge in [-0.2, -0.15) is 0 Å². The molecule has 0 saturated heterocycles. The summed E-state index contributed by atoms with van der Waals surface area (Å²) in [7, 11) is 0. The summed E-state index contributed by atoms with van der Waals surface area (Å²) in [5.41, 5.74) is 2.14. The molecule has 1 aromatic heterocycles. The first-order chi connectivity index (χ1) is 10.2. The number of ketones is 1. The molecule has 0 bridgehead atoms. The molecule has 4 nitrogen and oxygen atoms in total. The number of fused-ring (bicyclic) bond motifs is 1. The van der Waals surface area contributed by atoms with Crippen LogP contribution in [0, 0.1) is 0 Å². The van der Waals surface area contributed by atoms with Gasteiger partial charge in [0.05, 0.1) is 17.6 Å². The van der Waals surface area contributed by atoms with Crippen LogP contribution in [0.3, 0.4) is 0 Å². The van der Waals surface area contributed by atoms with E-state index in [1.807, 2.05) is 37.3 Å². The largest absolute Gasteiger partial charge is 0.494 e. The zero-order chi connectivity index (χ0) is 14.8. The van der Waals surface area contributed by atoms with E-state index in [2.05, 4.69) is 25.9 Å². The van der Waals surface area contributed by atoms with E-state index in [4.69, 9.17) is 4.74 Å². The minimum absolute atomic E-state index is 0.128. The molecule has 0 radical (unpaired) electrons. The van der Waals surface area contributed by atoms with Crippen LogP contribution in [-0.4, -0.2) is 22.4 Å². The van der Waals surface area contributed by atoms with Gasteiger partial charge in [0.1, 0.15) is 5.75 Å². The van der Waals surface area contributed by atoms with Gasteiger partial charge in [-0.25, -0.2) is 4.98 Å². The molecule has 3 aromatic rings. The number of aromatic nitrogens is 2. The van der Waals surface area contributed by atoms with Crippen LogP contribution in [0.4, 0.5) is 0 Å². The molecule has 5 heteroatoms. The normalized spacial score (nSPS) is 10.8. The second kappa shape index (κ2) is 5.69. The number of benzene rings is 2. The summed E-state index contributed by atoms with van der Waals surface area (Å²) in [6.45, 7) is 2.53. The molecule has 3 rings (SSSR count). The number of aromatic amines is 1. The summed E-state index contributed by atoms with van der Waals surface area (Å²) < 4.78 is 6.38. The average molecular weight is 345 g/mol. The number of imidazole rings is 1. The summed E-state index contributed by atoms with van der Waals surface area (Å²) in [5.74, 6) is 0.967. The Labute approximate surface area is 130 Å². The van der Waals surface area contributed by atoms with E-state index in [0.717, 1.165) is 21.3 Å². The summed E-state index contributed by atoms with van der Waals surface area (Å²) >= 11 is 3.35. The summed E-state index contributed by atoms with van der Waals surface area (Å²) in [6, 6.07) is 12.8. The lowest BCUT2D eigenvalue weighted by Gasteiger charge is -2.00. The highest BCUT2D eigenvalue weighted by Crippen LogP contribution is 2.20. The number of carbonyl (C=O) groups excluding carboxylic acids is 1. The van der Waals surface area contributed by atoms with Gasteiger partial charge in [0, 0.05) is 16.1 Å². The molecular weight excluding hydrogens is 332 g/mol. The number of hydrogen-bond acceptors (Lipinski definition) is 3. The molecule has 106 valence electrons. The van der Waals surface area contributed by atoms with E-state index in [9.17, 15) is 4.79 Å². The fourth-order valence-electron chi connectivity index (χ4n) is 2.09. The van der Waals surface area contributed by atoms with Crippen LogP contribution >= 0.6 is 15.9 Å². The fraction of sp³-hybridized carbons (Fsp3) is 0.125. The van der Waals surface area contributed by atoms with E-state index >= 15 is 0 Å². The molecule has 0 amide bonds. The van der Waals surface area contributed by atoms with Crippen molar-refractivity contribution >= 4 is 32.7 Å². The lowest BCUT2D eigenvalue weighted by molar-refractivity contribution is 0.103. The van der Waals surface area contributed by atoms with Gasteiger partial charge in [0.25, 0.3) is 0 Å². The molecule has 1 N–H and O–H groups in total. The second-order valence-electron chi connectivity index (χ2n) is 4.53. The van der Waals surface area contributed by atoms with Crippen LogP contribution in [0.5, 0.6) is 5.75 Å². The smallest absolute Gasteiger partial charge is 0.228 e. The van der Waals surface area contributed by atoms with Gasteiger partial charge in [-0.1, -0.05) is 15.9 Å². The monoisotopic (exact) mass is 344 g/mol. The molecular formula is C16H13BrN2O2. The maximum atomic E-state index is 12.4. The Morgan fingerprint density at radius 3 is 2.71 bits per heavy atom. The molecule has 0 spiro atoms. The van der Waals surface area contributed by atoms with Gasteiger partial charge in [-0.3, -0.25) is 4.79 Å². The standard InChI is InChI=1S/C16H13BrN2O2/c1-2-21-12-7-8-13-14(9-12)19-16(18-13)15(20)10-3-5-11(17)6-4-10/h3-9H,2H2,1H3,(H,18,19). The quantitative estimate of drug-likeness (QED) is 0.729. The number of hydrogen-bond donors (Lipinski definition) is 1. The van der Waals surface area contributed by atoms with Crippen molar-refractivity contribution in [2.45, 2.75) is 6.92 Å². The van der Waals surface area contributed by atoms with Crippen molar-refractivity contribution in [2.75, 3.05) is 6.61 Å². The van der Waals surface area contributed by atoms with Crippen LogP contribution in [0.2, 0.25) is 0 Å². The van der Waals surface area contributed by atoms with Crippen molar-refractivity contribution in [3.8, 4) is 5.75 Å². The maximum Gasteiger partial charge on any atom is 0.228 e. The van der Waals surface area contributed by atoms with E-state index in [1.54, 1.807) is 12.1 Å². The van der Waals surface area contributed by atoms with Gasteiger partial charge in [0.15, 0.2) is 5.82 Å². The maximum absolute atomic E-state index is 12.4. The molecule has 1 heterocycles. The molecule has 0 unspecified atom stereocenters. The predicted molar refractivity (Wildman–Crippen MR) is 84.8 cm³/mol. The Morgan fingerprint density at radius 2 is 2.00 bits per heavy atom. The van der Waals surface area contributed by atoms with Crippen molar-refractivity contribution in [3.05, 3.63) is 58.3 Å². The van der Waals surface area contributed by atoms with Crippen LogP contribution in [0.15, 0.2) is 46.9 Å². The number of ether oxygens (including phenoxy) is 1. The van der Waals surface area contributed by atoms with E-state index in [0.29, 0.717) is 18.0 Å². The van der Waals surface area contributed by atoms with Crippen molar-refractivity contribution in [3.63, 3.8) is 0 Å². The molecule has 0 aliphatic carbocycles. The lowest BCUT2D eigenvalue weighted by atomic mass is 10.1. The Kier molecular flexibility index (Phi) is 3.75. The first-order valence-electron chi connectivity index (χ1n) is 6.60. The number of halogens is 1. The van der Waals surface area contributed by atoms with E-state index < -0.39 is 0 Å². The SMILES string of the molecule is CCOc1ccc2nc(C(=O)c3ccc(Br)cc3)[nH]c2c1.